The van der Waals surface area contributed by atoms with Gasteiger partial charge in [-0.25, -0.2) is 9.78 Å². The molecule has 156 valence electrons. The summed E-state index contributed by atoms with van der Waals surface area (Å²) < 4.78 is 38.0. The van der Waals surface area contributed by atoms with Crippen LogP contribution in [0.1, 0.15) is 5.56 Å². The monoisotopic (exact) mass is 435 g/mol. The number of fused-ring (bicyclic) bond motifs is 1. The summed E-state index contributed by atoms with van der Waals surface area (Å²) in [7, 11) is 0. The Hall–Kier alpha value is -3.00. The van der Waals surface area contributed by atoms with E-state index in [4.69, 9.17) is 11.6 Å². The molecule has 2 N–H and O–H groups in total. The third-order valence-electron chi connectivity index (χ3n) is 5.11. The van der Waals surface area contributed by atoms with Crippen molar-refractivity contribution in [1.82, 2.24) is 4.90 Å². The number of aromatic nitrogens is 1. The Morgan fingerprint density at radius 2 is 1.70 bits per heavy atom. The lowest BCUT2D eigenvalue weighted by Crippen LogP contribution is -2.50. The van der Waals surface area contributed by atoms with Crippen LogP contribution >= 0.6 is 11.6 Å². The Balaban J connectivity index is 1.39. The Bertz CT molecular complexity index is 1060. The summed E-state index contributed by atoms with van der Waals surface area (Å²) in [6.07, 6.45) is -2.54. The molecule has 3 aromatic rings. The van der Waals surface area contributed by atoms with Crippen molar-refractivity contribution in [3.8, 4) is 0 Å². The number of anilines is 2. The van der Waals surface area contributed by atoms with Gasteiger partial charge in [-0.05, 0) is 36.4 Å². The number of carbonyl (C=O) groups is 1. The third kappa shape index (κ3) is 4.28. The fourth-order valence-electron chi connectivity index (χ4n) is 3.53. The van der Waals surface area contributed by atoms with Gasteiger partial charge in [0.25, 0.3) is 0 Å². The smallest absolute Gasteiger partial charge is 0.367 e. The lowest BCUT2D eigenvalue weighted by atomic mass is 10.1. The van der Waals surface area contributed by atoms with Gasteiger partial charge in [0.2, 0.25) is 5.52 Å². The summed E-state index contributed by atoms with van der Waals surface area (Å²) in [5.41, 5.74) is 1.57. The molecule has 9 heteroatoms. The molecule has 0 atom stereocenters. The van der Waals surface area contributed by atoms with Crippen molar-refractivity contribution in [1.29, 1.82) is 0 Å². The van der Waals surface area contributed by atoms with E-state index in [0.717, 1.165) is 28.7 Å². The van der Waals surface area contributed by atoms with Crippen LogP contribution in [-0.4, -0.2) is 37.1 Å². The number of pyridine rings is 1. The van der Waals surface area contributed by atoms with Crippen LogP contribution < -0.4 is 15.2 Å². The Labute approximate surface area is 176 Å². The van der Waals surface area contributed by atoms with E-state index in [9.17, 15) is 18.0 Å². The van der Waals surface area contributed by atoms with Crippen LogP contribution in [0.2, 0.25) is 5.02 Å². The molecule has 0 unspecified atom stereocenters. The predicted octanol–water partition coefficient (Wildman–Crippen LogP) is 4.68. The molecular formula is C21H19ClF3N4O+. The molecule has 2 heterocycles. The maximum absolute atomic E-state index is 12.7. The number of rotatable bonds is 2. The number of carbonyl (C=O) groups excluding carboxylic acids is 1. The van der Waals surface area contributed by atoms with E-state index in [2.05, 4.69) is 15.2 Å². The number of halogens is 4. The zero-order valence-corrected chi connectivity index (χ0v) is 16.6. The summed E-state index contributed by atoms with van der Waals surface area (Å²) >= 11 is 6.07. The molecular weight excluding hydrogens is 417 g/mol. The highest BCUT2D eigenvalue weighted by atomic mass is 35.5. The highest BCUT2D eigenvalue weighted by molar-refractivity contribution is 6.31. The number of alkyl halides is 3. The molecule has 1 fully saturated rings. The van der Waals surface area contributed by atoms with Gasteiger partial charge in [-0.3, -0.25) is 0 Å². The Kier molecular flexibility index (Phi) is 5.42. The van der Waals surface area contributed by atoms with Crippen molar-refractivity contribution >= 4 is 39.9 Å². The van der Waals surface area contributed by atoms with Crippen molar-refractivity contribution < 1.29 is 22.9 Å². The second kappa shape index (κ2) is 8.02. The summed E-state index contributed by atoms with van der Waals surface area (Å²) in [6.45, 7) is 2.28. The van der Waals surface area contributed by atoms with E-state index >= 15 is 0 Å². The average molecular weight is 436 g/mol. The maximum Gasteiger partial charge on any atom is 0.416 e. The molecule has 1 aliphatic rings. The topological polar surface area (TPSA) is 49.7 Å². The number of aromatic amines is 1. The molecule has 0 spiro atoms. The van der Waals surface area contributed by atoms with Crippen LogP contribution in [0.4, 0.5) is 29.3 Å². The molecule has 1 aromatic heterocycles. The number of nitrogens with one attached hydrogen (secondary N) is 2. The first-order valence-corrected chi connectivity index (χ1v) is 9.77. The van der Waals surface area contributed by atoms with Crippen molar-refractivity contribution in [3.63, 3.8) is 0 Å². The van der Waals surface area contributed by atoms with Gasteiger partial charge in [0, 0.05) is 49.0 Å². The quantitative estimate of drug-likeness (QED) is 0.635. The molecule has 30 heavy (non-hydrogen) atoms. The minimum absolute atomic E-state index is 0.326. The number of nitrogens with zero attached hydrogens (tertiary/aromatic N) is 2. The Morgan fingerprint density at radius 3 is 2.37 bits per heavy atom. The normalized spacial score (nSPS) is 14.8. The highest BCUT2D eigenvalue weighted by Gasteiger charge is 2.30. The molecule has 4 rings (SSSR count). The van der Waals surface area contributed by atoms with Crippen molar-refractivity contribution in [2.24, 2.45) is 0 Å². The first-order valence-electron chi connectivity index (χ1n) is 9.39. The van der Waals surface area contributed by atoms with Gasteiger partial charge in [-0.15, -0.1) is 0 Å². The molecule has 0 radical (unpaired) electrons. The third-order valence-corrected chi connectivity index (χ3v) is 5.34. The standard InChI is InChI=1S/C21H18ClF3N4O/c22-15-3-6-17-18(13-15)26-8-7-19(17)28-9-11-29(12-10-28)20(30)27-16-4-1-14(2-5-16)21(23,24)25/h1-8,13H,9-12H2,(H,27,30)/p+1. The maximum atomic E-state index is 12.7. The second-order valence-corrected chi connectivity index (χ2v) is 7.47. The van der Waals surface area contributed by atoms with Gasteiger partial charge in [0.05, 0.1) is 16.6 Å². The van der Waals surface area contributed by atoms with E-state index in [1.807, 2.05) is 30.5 Å². The summed E-state index contributed by atoms with van der Waals surface area (Å²) in [5.74, 6) is 0. The van der Waals surface area contributed by atoms with Crippen LogP contribution in [0.15, 0.2) is 54.7 Å². The number of H-pyrrole nitrogens is 1. The van der Waals surface area contributed by atoms with E-state index in [1.54, 1.807) is 4.90 Å². The summed E-state index contributed by atoms with van der Waals surface area (Å²) in [5, 5.41) is 4.36. The zero-order valence-electron chi connectivity index (χ0n) is 15.8. The van der Waals surface area contributed by atoms with Gasteiger partial charge >= 0.3 is 12.2 Å². The number of hydrogen-bond donors (Lipinski definition) is 1. The van der Waals surface area contributed by atoms with Crippen molar-refractivity contribution in [3.05, 3.63) is 65.3 Å². The first kappa shape index (κ1) is 20.3. The van der Waals surface area contributed by atoms with Gasteiger partial charge in [0.1, 0.15) is 0 Å². The van der Waals surface area contributed by atoms with Gasteiger partial charge < -0.3 is 15.1 Å². The molecule has 2 aromatic carbocycles. The zero-order chi connectivity index (χ0) is 21.3. The van der Waals surface area contributed by atoms with E-state index in [0.29, 0.717) is 36.9 Å². The molecule has 0 aliphatic carbocycles. The number of urea groups is 1. The fourth-order valence-corrected chi connectivity index (χ4v) is 3.70. The van der Waals surface area contributed by atoms with E-state index in [-0.39, 0.29) is 6.03 Å². The van der Waals surface area contributed by atoms with Crippen molar-refractivity contribution in [2.45, 2.75) is 6.18 Å². The minimum atomic E-state index is -4.40. The SMILES string of the molecule is O=C(Nc1ccc(C(F)(F)F)cc1)N1CCN(c2cc[nH+]c3cc(Cl)ccc23)CC1. The first-order chi connectivity index (χ1) is 14.3. The van der Waals surface area contributed by atoms with Gasteiger partial charge in [-0.1, -0.05) is 11.6 Å². The van der Waals surface area contributed by atoms with Crippen molar-refractivity contribution in [2.75, 3.05) is 36.4 Å². The fraction of sp³-hybridized carbons (Fsp3) is 0.238. The largest absolute Gasteiger partial charge is 0.416 e. The van der Waals surface area contributed by atoms with Crippen LogP contribution in [0.5, 0.6) is 0 Å². The summed E-state index contributed by atoms with van der Waals surface area (Å²) in [6, 6.07) is 11.8. The van der Waals surface area contributed by atoms with Gasteiger partial charge in [-0.2, -0.15) is 13.2 Å². The van der Waals surface area contributed by atoms with E-state index < -0.39 is 11.7 Å². The number of benzene rings is 2. The molecule has 1 saturated heterocycles. The van der Waals surface area contributed by atoms with Crippen LogP contribution in [-0.2, 0) is 6.18 Å². The van der Waals surface area contributed by atoms with Gasteiger partial charge in [0.15, 0.2) is 6.20 Å². The Morgan fingerprint density at radius 1 is 1.00 bits per heavy atom. The molecule has 0 saturated carbocycles. The highest BCUT2D eigenvalue weighted by Crippen LogP contribution is 2.30. The molecule has 1 aliphatic heterocycles. The summed E-state index contributed by atoms with van der Waals surface area (Å²) in [4.78, 5) is 19.5. The van der Waals surface area contributed by atoms with Crippen LogP contribution in [0, 0.1) is 0 Å². The number of amides is 2. The van der Waals surface area contributed by atoms with Crippen LogP contribution in [0.25, 0.3) is 10.9 Å². The number of piperazine rings is 1. The lowest BCUT2D eigenvalue weighted by Gasteiger charge is -2.36. The van der Waals surface area contributed by atoms with Crippen LogP contribution in [0.3, 0.4) is 0 Å². The molecule has 5 nitrogen and oxygen atoms in total. The minimum Gasteiger partial charge on any atom is -0.367 e. The lowest BCUT2D eigenvalue weighted by molar-refractivity contribution is -0.344. The second-order valence-electron chi connectivity index (χ2n) is 7.03. The average Bonchev–Trinajstić information content (AvgIpc) is 2.73. The number of hydrogen-bond acceptors (Lipinski definition) is 2. The van der Waals surface area contributed by atoms with E-state index in [1.165, 1.54) is 12.1 Å². The predicted molar refractivity (Wildman–Crippen MR) is 110 cm³/mol. The molecule has 2 amide bonds. The molecule has 0 bridgehead atoms.